The molecule has 2 saturated heterocycles. The lowest BCUT2D eigenvalue weighted by molar-refractivity contribution is 0.0625. The van der Waals surface area contributed by atoms with E-state index in [1.165, 1.54) is 25.2 Å². The number of halogens is 1. The van der Waals surface area contributed by atoms with Gasteiger partial charge in [0.25, 0.3) is 0 Å². The molecule has 128 valence electrons. The SMILES string of the molecule is CC1(C)CC(N2CCN(c3ncc(F)cn3)CC2)CC(C)(C)N1. The molecule has 0 radical (unpaired) electrons. The van der Waals surface area contributed by atoms with Gasteiger partial charge in [0.1, 0.15) is 0 Å². The van der Waals surface area contributed by atoms with Crippen LogP contribution in [0.5, 0.6) is 0 Å². The van der Waals surface area contributed by atoms with Crippen LogP contribution in [0.15, 0.2) is 12.4 Å². The third-order valence-corrected chi connectivity index (χ3v) is 4.89. The summed E-state index contributed by atoms with van der Waals surface area (Å²) in [6.45, 7) is 13.0. The molecule has 0 aliphatic carbocycles. The highest BCUT2D eigenvalue weighted by molar-refractivity contribution is 5.29. The predicted octanol–water partition coefficient (Wildman–Crippen LogP) is 2.05. The Bertz CT molecular complexity index is 518. The fourth-order valence-corrected chi connectivity index (χ4v) is 4.28. The molecule has 0 saturated carbocycles. The van der Waals surface area contributed by atoms with Crippen LogP contribution in [0.2, 0.25) is 0 Å². The summed E-state index contributed by atoms with van der Waals surface area (Å²) in [5.74, 6) is 0.253. The number of nitrogens with one attached hydrogen (secondary N) is 1. The Balaban J connectivity index is 1.61. The second-order valence-corrected chi connectivity index (χ2v) is 8.18. The third-order valence-electron chi connectivity index (χ3n) is 4.89. The number of nitrogens with zero attached hydrogens (tertiary/aromatic N) is 4. The monoisotopic (exact) mass is 321 g/mol. The van der Waals surface area contributed by atoms with Crippen LogP contribution >= 0.6 is 0 Å². The Kier molecular flexibility index (Phi) is 4.31. The van der Waals surface area contributed by atoms with Gasteiger partial charge in [-0.3, -0.25) is 4.90 Å². The van der Waals surface area contributed by atoms with Gasteiger partial charge in [0.05, 0.1) is 12.4 Å². The van der Waals surface area contributed by atoms with E-state index < -0.39 is 0 Å². The highest BCUT2D eigenvalue weighted by atomic mass is 19.1. The average molecular weight is 321 g/mol. The van der Waals surface area contributed by atoms with Crippen LogP contribution in [0.25, 0.3) is 0 Å². The maximum atomic E-state index is 12.9. The van der Waals surface area contributed by atoms with Gasteiger partial charge in [-0.2, -0.15) is 0 Å². The molecular weight excluding hydrogens is 293 g/mol. The van der Waals surface area contributed by atoms with Gasteiger partial charge < -0.3 is 10.2 Å². The largest absolute Gasteiger partial charge is 0.338 e. The zero-order valence-corrected chi connectivity index (χ0v) is 14.6. The minimum atomic E-state index is -0.383. The minimum absolute atomic E-state index is 0.170. The normalized spacial score (nSPS) is 25.5. The minimum Gasteiger partial charge on any atom is -0.338 e. The van der Waals surface area contributed by atoms with Crippen molar-refractivity contribution in [3.05, 3.63) is 18.2 Å². The molecular formula is C17H28FN5. The second-order valence-electron chi connectivity index (χ2n) is 8.18. The van der Waals surface area contributed by atoms with Gasteiger partial charge in [-0.15, -0.1) is 0 Å². The topological polar surface area (TPSA) is 44.3 Å². The van der Waals surface area contributed by atoms with Gasteiger partial charge in [0.2, 0.25) is 5.95 Å². The Morgan fingerprint density at radius 3 is 2.04 bits per heavy atom. The molecule has 0 spiro atoms. The number of aromatic nitrogens is 2. The Hall–Kier alpha value is -1.27. The lowest BCUT2D eigenvalue weighted by Crippen LogP contribution is -2.64. The van der Waals surface area contributed by atoms with Crippen LogP contribution in [0.1, 0.15) is 40.5 Å². The van der Waals surface area contributed by atoms with Crippen LogP contribution in [-0.2, 0) is 0 Å². The van der Waals surface area contributed by atoms with E-state index in [0.29, 0.717) is 12.0 Å². The molecule has 3 rings (SSSR count). The number of piperidine rings is 1. The maximum Gasteiger partial charge on any atom is 0.225 e. The summed E-state index contributed by atoms with van der Waals surface area (Å²) in [4.78, 5) is 12.9. The van der Waals surface area contributed by atoms with Crippen LogP contribution in [0.3, 0.4) is 0 Å². The average Bonchev–Trinajstić information content (AvgIpc) is 2.45. The summed E-state index contributed by atoms with van der Waals surface area (Å²) in [6, 6.07) is 0.609. The summed E-state index contributed by atoms with van der Waals surface area (Å²) >= 11 is 0. The van der Waals surface area contributed by atoms with Crippen molar-refractivity contribution in [3.8, 4) is 0 Å². The molecule has 1 aromatic heterocycles. The van der Waals surface area contributed by atoms with Crippen molar-refractivity contribution >= 4 is 5.95 Å². The van der Waals surface area contributed by atoms with Gasteiger partial charge in [0.15, 0.2) is 5.82 Å². The molecule has 2 aliphatic rings. The number of anilines is 1. The lowest BCUT2D eigenvalue weighted by Gasteiger charge is -2.51. The first-order chi connectivity index (χ1) is 10.7. The van der Waals surface area contributed by atoms with E-state index in [9.17, 15) is 4.39 Å². The molecule has 2 fully saturated rings. The third kappa shape index (κ3) is 3.98. The zero-order chi connectivity index (χ0) is 16.7. The highest BCUT2D eigenvalue weighted by Crippen LogP contribution is 2.32. The van der Waals surface area contributed by atoms with Crippen molar-refractivity contribution in [1.29, 1.82) is 0 Å². The van der Waals surface area contributed by atoms with Gasteiger partial charge in [-0.25, -0.2) is 14.4 Å². The fraction of sp³-hybridized carbons (Fsp3) is 0.765. The van der Waals surface area contributed by atoms with Crippen LogP contribution in [0.4, 0.5) is 10.3 Å². The molecule has 3 heterocycles. The smallest absolute Gasteiger partial charge is 0.225 e. The number of hydrogen-bond acceptors (Lipinski definition) is 5. The van der Waals surface area contributed by atoms with Gasteiger partial charge in [0, 0.05) is 43.3 Å². The van der Waals surface area contributed by atoms with E-state index in [1.807, 2.05) is 0 Å². The van der Waals surface area contributed by atoms with E-state index in [-0.39, 0.29) is 16.9 Å². The van der Waals surface area contributed by atoms with Crippen molar-refractivity contribution < 1.29 is 4.39 Å². The molecule has 0 bridgehead atoms. The molecule has 0 unspecified atom stereocenters. The Morgan fingerprint density at radius 2 is 1.52 bits per heavy atom. The maximum absolute atomic E-state index is 12.9. The summed E-state index contributed by atoms with van der Waals surface area (Å²) in [6.07, 6.45) is 4.83. The summed E-state index contributed by atoms with van der Waals surface area (Å²) in [5.41, 5.74) is 0.341. The fourth-order valence-electron chi connectivity index (χ4n) is 4.28. The summed E-state index contributed by atoms with van der Waals surface area (Å²) < 4.78 is 12.9. The Labute approximate surface area is 138 Å². The predicted molar refractivity (Wildman–Crippen MR) is 90.1 cm³/mol. The van der Waals surface area contributed by atoms with Crippen LogP contribution in [0, 0.1) is 5.82 Å². The number of hydrogen-bond donors (Lipinski definition) is 1. The van der Waals surface area contributed by atoms with Gasteiger partial charge in [-0.1, -0.05) is 0 Å². The van der Waals surface area contributed by atoms with Crippen LogP contribution in [-0.4, -0.2) is 58.2 Å². The molecule has 0 aromatic carbocycles. The van der Waals surface area contributed by atoms with E-state index in [2.05, 4.69) is 52.8 Å². The highest BCUT2D eigenvalue weighted by Gasteiger charge is 2.40. The number of piperazine rings is 1. The molecule has 23 heavy (non-hydrogen) atoms. The second kappa shape index (κ2) is 5.98. The molecule has 6 heteroatoms. The quantitative estimate of drug-likeness (QED) is 0.903. The van der Waals surface area contributed by atoms with E-state index in [4.69, 9.17) is 0 Å². The van der Waals surface area contributed by atoms with E-state index in [0.717, 1.165) is 26.2 Å². The first-order valence-electron chi connectivity index (χ1n) is 8.50. The van der Waals surface area contributed by atoms with Crippen molar-refractivity contribution in [2.24, 2.45) is 0 Å². The summed E-state index contributed by atoms with van der Waals surface area (Å²) in [7, 11) is 0. The molecule has 1 aromatic rings. The molecule has 0 atom stereocenters. The lowest BCUT2D eigenvalue weighted by atomic mass is 9.79. The Morgan fingerprint density at radius 1 is 1.00 bits per heavy atom. The zero-order valence-electron chi connectivity index (χ0n) is 14.6. The van der Waals surface area contributed by atoms with Crippen molar-refractivity contribution in [2.45, 2.75) is 57.7 Å². The van der Waals surface area contributed by atoms with Crippen molar-refractivity contribution in [2.75, 3.05) is 31.1 Å². The first-order valence-corrected chi connectivity index (χ1v) is 8.50. The molecule has 0 amide bonds. The van der Waals surface area contributed by atoms with Crippen molar-refractivity contribution in [1.82, 2.24) is 20.2 Å². The summed E-state index contributed by atoms with van der Waals surface area (Å²) in [5, 5.41) is 3.75. The molecule has 2 aliphatic heterocycles. The van der Waals surface area contributed by atoms with Gasteiger partial charge in [-0.05, 0) is 40.5 Å². The number of rotatable bonds is 2. The van der Waals surface area contributed by atoms with E-state index >= 15 is 0 Å². The van der Waals surface area contributed by atoms with Crippen molar-refractivity contribution in [3.63, 3.8) is 0 Å². The van der Waals surface area contributed by atoms with Crippen LogP contribution < -0.4 is 10.2 Å². The first kappa shape index (κ1) is 16.6. The van der Waals surface area contributed by atoms with E-state index in [1.54, 1.807) is 0 Å². The molecule has 5 nitrogen and oxygen atoms in total. The molecule has 1 N–H and O–H groups in total. The standard InChI is InChI=1S/C17H28FN5/c1-16(2)9-14(10-17(3,4)21-16)22-5-7-23(8-6-22)15-19-11-13(18)12-20-15/h11-12,14,21H,5-10H2,1-4H3. The van der Waals surface area contributed by atoms with Gasteiger partial charge >= 0.3 is 0 Å².